The molecule has 2 fully saturated rings. The van der Waals surface area contributed by atoms with E-state index >= 15 is 0 Å². The maximum absolute atomic E-state index is 12.5. The van der Waals surface area contributed by atoms with Crippen LogP contribution in [0.25, 0.3) is 0 Å². The minimum absolute atomic E-state index is 0.0202. The van der Waals surface area contributed by atoms with E-state index in [4.69, 9.17) is 14.2 Å². The molecule has 2 aliphatic rings. The second kappa shape index (κ2) is 7.30. The normalized spacial score (nSPS) is 25.2. The number of piperidine rings is 1. The summed E-state index contributed by atoms with van der Waals surface area (Å²) in [7, 11) is 4.68. The van der Waals surface area contributed by atoms with Gasteiger partial charge in [-0.1, -0.05) is 0 Å². The van der Waals surface area contributed by atoms with Gasteiger partial charge in [0.25, 0.3) is 0 Å². The Labute approximate surface area is 142 Å². The van der Waals surface area contributed by atoms with Gasteiger partial charge in [-0.2, -0.15) is 0 Å². The molecule has 1 aromatic carbocycles. The number of nitrogens with one attached hydrogen (secondary N) is 2. The third-order valence-electron chi connectivity index (χ3n) is 5.02. The molecule has 2 N–H and O–H groups in total. The van der Waals surface area contributed by atoms with E-state index in [0.717, 1.165) is 12.8 Å². The highest BCUT2D eigenvalue weighted by Gasteiger charge is 2.34. The summed E-state index contributed by atoms with van der Waals surface area (Å²) in [6.07, 6.45) is 5.21. The first-order chi connectivity index (χ1) is 11.6. The van der Waals surface area contributed by atoms with E-state index in [0.29, 0.717) is 47.4 Å². The Hall–Kier alpha value is -1.95. The molecule has 2 bridgehead atoms. The van der Waals surface area contributed by atoms with Crippen molar-refractivity contribution in [1.29, 1.82) is 0 Å². The largest absolute Gasteiger partial charge is 0.493 e. The Morgan fingerprint density at radius 2 is 1.75 bits per heavy atom. The molecule has 6 heteroatoms. The van der Waals surface area contributed by atoms with Gasteiger partial charge in [-0.3, -0.25) is 4.79 Å². The second-order valence-electron chi connectivity index (χ2n) is 6.61. The molecule has 6 nitrogen and oxygen atoms in total. The summed E-state index contributed by atoms with van der Waals surface area (Å²) in [6, 6.07) is 4.74. The zero-order chi connectivity index (χ0) is 17.1. The monoisotopic (exact) mass is 334 g/mol. The average molecular weight is 334 g/mol. The summed E-state index contributed by atoms with van der Waals surface area (Å²) < 4.78 is 16.0. The molecular weight excluding hydrogens is 308 g/mol. The highest BCUT2D eigenvalue weighted by molar-refractivity contribution is 5.93. The molecule has 24 heavy (non-hydrogen) atoms. The number of carbonyl (C=O) groups is 1. The molecule has 0 aliphatic carbocycles. The van der Waals surface area contributed by atoms with Crippen LogP contribution in [0.5, 0.6) is 17.2 Å². The summed E-state index contributed by atoms with van der Waals surface area (Å²) in [5, 5.41) is 6.57. The maximum Gasteiger partial charge on any atom is 0.224 e. The molecule has 2 unspecified atom stereocenters. The molecule has 2 aliphatic heterocycles. The first-order valence-electron chi connectivity index (χ1n) is 8.49. The number of anilines is 1. The van der Waals surface area contributed by atoms with E-state index in [-0.39, 0.29) is 5.91 Å². The first-order valence-corrected chi connectivity index (χ1v) is 8.49. The lowest BCUT2D eigenvalue weighted by Crippen LogP contribution is -2.39. The standard InChI is InChI=1S/C18H26N2O4/c1-22-15-7-6-14(17(23-2)18(15)24-3)20-16(21)10-11-8-12-4-5-13(9-11)19-12/h6-7,11-13,19H,4-5,8-10H2,1-3H3,(H,20,21). The molecule has 1 aromatic rings. The lowest BCUT2D eigenvalue weighted by molar-refractivity contribution is -0.117. The van der Waals surface area contributed by atoms with Gasteiger partial charge < -0.3 is 24.8 Å². The summed E-state index contributed by atoms with van der Waals surface area (Å²) in [5.41, 5.74) is 0.608. The van der Waals surface area contributed by atoms with Crippen LogP contribution in [-0.4, -0.2) is 39.3 Å². The zero-order valence-corrected chi connectivity index (χ0v) is 14.6. The molecule has 0 saturated carbocycles. The fraction of sp³-hybridized carbons (Fsp3) is 0.611. The van der Waals surface area contributed by atoms with Crippen LogP contribution in [0, 0.1) is 5.92 Å². The summed E-state index contributed by atoms with van der Waals surface area (Å²) in [5.74, 6) is 2.01. The van der Waals surface area contributed by atoms with Crippen molar-refractivity contribution in [2.45, 2.75) is 44.2 Å². The Morgan fingerprint density at radius 3 is 2.33 bits per heavy atom. The van der Waals surface area contributed by atoms with Gasteiger partial charge in [0, 0.05) is 18.5 Å². The van der Waals surface area contributed by atoms with Crippen LogP contribution in [0.4, 0.5) is 5.69 Å². The highest BCUT2D eigenvalue weighted by atomic mass is 16.5. The number of amides is 1. The number of methoxy groups -OCH3 is 3. The third kappa shape index (κ3) is 3.43. The van der Waals surface area contributed by atoms with Crippen molar-refractivity contribution in [3.05, 3.63) is 12.1 Å². The molecule has 3 rings (SSSR count). The van der Waals surface area contributed by atoms with Gasteiger partial charge in [0.1, 0.15) is 0 Å². The Morgan fingerprint density at radius 1 is 1.08 bits per heavy atom. The van der Waals surface area contributed by atoms with Crippen LogP contribution in [0.15, 0.2) is 12.1 Å². The number of rotatable bonds is 6. The molecule has 0 spiro atoms. The quantitative estimate of drug-likeness (QED) is 0.837. The van der Waals surface area contributed by atoms with Crippen LogP contribution >= 0.6 is 0 Å². The predicted molar refractivity (Wildman–Crippen MR) is 92.0 cm³/mol. The van der Waals surface area contributed by atoms with Crippen molar-refractivity contribution in [2.24, 2.45) is 5.92 Å². The number of carbonyl (C=O) groups excluding carboxylic acids is 1. The summed E-state index contributed by atoms with van der Waals surface area (Å²) in [6.45, 7) is 0. The minimum Gasteiger partial charge on any atom is -0.493 e. The maximum atomic E-state index is 12.5. The van der Waals surface area contributed by atoms with Crippen molar-refractivity contribution >= 4 is 11.6 Å². The van der Waals surface area contributed by atoms with Crippen molar-refractivity contribution < 1.29 is 19.0 Å². The molecular formula is C18H26N2O4. The number of ether oxygens (including phenoxy) is 3. The van der Waals surface area contributed by atoms with E-state index in [1.54, 1.807) is 33.5 Å². The molecule has 2 saturated heterocycles. The molecule has 2 heterocycles. The lowest BCUT2D eigenvalue weighted by atomic mass is 9.89. The Kier molecular flexibility index (Phi) is 5.14. The van der Waals surface area contributed by atoms with E-state index in [1.165, 1.54) is 12.8 Å². The average Bonchev–Trinajstić information content (AvgIpc) is 2.92. The number of benzene rings is 1. The Balaban J connectivity index is 1.67. The van der Waals surface area contributed by atoms with Crippen LogP contribution in [0.3, 0.4) is 0 Å². The van der Waals surface area contributed by atoms with Gasteiger partial charge >= 0.3 is 0 Å². The van der Waals surface area contributed by atoms with Gasteiger partial charge in [0.15, 0.2) is 11.5 Å². The topological polar surface area (TPSA) is 68.8 Å². The van der Waals surface area contributed by atoms with Crippen molar-refractivity contribution in [3.63, 3.8) is 0 Å². The van der Waals surface area contributed by atoms with Crippen LogP contribution < -0.4 is 24.8 Å². The molecule has 132 valence electrons. The van der Waals surface area contributed by atoms with E-state index < -0.39 is 0 Å². The fourth-order valence-corrected chi connectivity index (χ4v) is 4.00. The van der Waals surface area contributed by atoms with Gasteiger partial charge in [-0.05, 0) is 43.7 Å². The van der Waals surface area contributed by atoms with Crippen LogP contribution in [-0.2, 0) is 4.79 Å². The predicted octanol–water partition coefficient (Wildman–Crippen LogP) is 2.57. The van der Waals surface area contributed by atoms with E-state index in [1.807, 2.05) is 0 Å². The number of fused-ring (bicyclic) bond motifs is 2. The third-order valence-corrected chi connectivity index (χ3v) is 5.02. The van der Waals surface area contributed by atoms with E-state index in [2.05, 4.69) is 10.6 Å². The molecule has 0 aromatic heterocycles. The fourth-order valence-electron chi connectivity index (χ4n) is 4.00. The lowest BCUT2D eigenvalue weighted by Gasteiger charge is -2.28. The van der Waals surface area contributed by atoms with Crippen LogP contribution in [0.1, 0.15) is 32.1 Å². The first kappa shape index (κ1) is 16.9. The zero-order valence-electron chi connectivity index (χ0n) is 14.6. The SMILES string of the molecule is COc1ccc(NC(=O)CC2CC3CCC(C2)N3)c(OC)c1OC. The second-order valence-corrected chi connectivity index (χ2v) is 6.61. The minimum atomic E-state index is 0.0202. The van der Waals surface area contributed by atoms with Gasteiger partial charge in [-0.25, -0.2) is 0 Å². The van der Waals surface area contributed by atoms with Crippen molar-refractivity contribution in [1.82, 2.24) is 5.32 Å². The molecule has 2 atom stereocenters. The number of hydrogen-bond donors (Lipinski definition) is 2. The van der Waals surface area contributed by atoms with Crippen molar-refractivity contribution in [2.75, 3.05) is 26.6 Å². The summed E-state index contributed by atoms with van der Waals surface area (Å²) in [4.78, 5) is 12.5. The van der Waals surface area contributed by atoms with E-state index in [9.17, 15) is 4.79 Å². The van der Waals surface area contributed by atoms with Crippen LogP contribution in [0.2, 0.25) is 0 Å². The molecule has 0 radical (unpaired) electrons. The van der Waals surface area contributed by atoms with Crippen molar-refractivity contribution in [3.8, 4) is 17.2 Å². The van der Waals surface area contributed by atoms with Gasteiger partial charge in [-0.15, -0.1) is 0 Å². The number of hydrogen-bond acceptors (Lipinski definition) is 5. The summed E-state index contributed by atoms with van der Waals surface area (Å²) >= 11 is 0. The van der Waals surface area contributed by atoms with Gasteiger partial charge in [0.2, 0.25) is 11.7 Å². The smallest absolute Gasteiger partial charge is 0.224 e. The molecule has 1 amide bonds. The van der Waals surface area contributed by atoms with Gasteiger partial charge in [0.05, 0.1) is 27.0 Å². The Bertz CT molecular complexity index is 593. The highest BCUT2D eigenvalue weighted by Crippen LogP contribution is 2.42.